The van der Waals surface area contributed by atoms with E-state index in [4.69, 9.17) is 4.99 Å². The number of benzene rings is 2. The van der Waals surface area contributed by atoms with Crippen LogP contribution in [0.25, 0.3) is 0 Å². The number of nitrogens with one attached hydrogen (secondary N) is 2. The van der Waals surface area contributed by atoms with Gasteiger partial charge >= 0.3 is 0 Å². The Hall–Kier alpha value is -3.87. The molecule has 7 nitrogen and oxygen atoms in total. The third kappa shape index (κ3) is 6.32. The maximum absolute atomic E-state index is 4.82. The van der Waals surface area contributed by atoms with Gasteiger partial charge in [-0.1, -0.05) is 48.5 Å². The molecule has 33 heavy (non-hydrogen) atoms. The molecule has 4 rings (SSSR count). The molecule has 0 amide bonds. The van der Waals surface area contributed by atoms with Crippen molar-refractivity contribution in [3.63, 3.8) is 0 Å². The largest absolute Gasteiger partial charge is 0.357 e. The standard InChI is InChI=1S/C26H31N7/c1-3-27-26(30-18-24-10-4-5-11-25(24)20-33-14-7-12-31-33)29-17-22-8-6-9-23(16-22)19-32-15-13-28-21(32)2/h4-16H,3,17-20H2,1-2H3,(H2,27,29,30). The predicted molar refractivity (Wildman–Crippen MR) is 132 cm³/mol. The first-order valence-corrected chi connectivity index (χ1v) is 11.3. The highest BCUT2D eigenvalue weighted by Gasteiger charge is 2.05. The summed E-state index contributed by atoms with van der Waals surface area (Å²) in [4.78, 5) is 9.12. The van der Waals surface area contributed by atoms with Crippen LogP contribution >= 0.6 is 0 Å². The molecule has 7 heteroatoms. The fourth-order valence-electron chi connectivity index (χ4n) is 3.74. The van der Waals surface area contributed by atoms with Gasteiger partial charge in [-0.05, 0) is 42.2 Å². The van der Waals surface area contributed by atoms with Crippen molar-refractivity contribution in [2.24, 2.45) is 4.99 Å². The van der Waals surface area contributed by atoms with Gasteiger partial charge in [0, 0.05) is 44.4 Å². The highest BCUT2D eigenvalue weighted by Crippen LogP contribution is 2.11. The van der Waals surface area contributed by atoms with Gasteiger partial charge in [0.2, 0.25) is 0 Å². The summed E-state index contributed by atoms with van der Waals surface area (Å²) in [6, 6.07) is 19.0. The monoisotopic (exact) mass is 441 g/mol. The fraction of sp³-hybridized carbons (Fsp3) is 0.269. The Kier molecular flexibility index (Phi) is 7.53. The Morgan fingerprint density at radius 2 is 1.76 bits per heavy atom. The molecule has 0 aliphatic rings. The zero-order chi connectivity index (χ0) is 22.9. The van der Waals surface area contributed by atoms with Crippen LogP contribution in [0, 0.1) is 6.92 Å². The van der Waals surface area contributed by atoms with Crippen LogP contribution in [0.15, 0.2) is 84.4 Å². The quantitative estimate of drug-likeness (QED) is 0.307. The summed E-state index contributed by atoms with van der Waals surface area (Å²) in [5, 5.41) is 11.2. The minimum atomic E-state index is 0.612. The topological polar surface area (TPSA) is 72.1 Å². The van der Waals surface area contributed by atoms with Crippen LogP contribution in [0.5, 0.6) is 0 Å². The number of aliphatic imine (C=N–C) groups is 1. The minimum absolute atomic E-state index is 0.612. The summed E-state index contributed by atoms with van der Waals surface area (Å²) in [5.41, 5.74) is 4.90. The normalized spacial score (nSPS) is 11.5. The molecule has 2 N–H and O–H groups in total. The zero-order valence-electron chi connectivity index (χ0n) is 19.3. The van der Waals surface area contributed by atoms with Gasteiger partial charge in [-0.25, -0.2) is 9.98 Å². The van der Waals surface area contributed by atoms with E-state index in [1.807, 2.05) is 42.5 Å². The van der Waals surface area contributed by atoms with Crippen LogP contribution in [0.3, 0.4) is 0 Å². The van der Waals surface area contributed by atoms with Crippen molar-refractivity contribution in [2.45, 2.75) is 40.0 Å². The lowest BCUT2D eigenvalue weighted by molar-refractivity contribution is 0.677. The van der Waals surface area contributed by atoms with E-state index in [1.54, 1.807) is 0 Å². The van der Waals surface area contributed by atoms with Crippen molar-refractivity contribution < 1.29 is 0 Å². The van der Waals surface area contributed by atoms with E-state index in [0.29, 0.717) is 13.1 Å². The lowest BCUT2D eigenvalue weighted by atomic mass is 10.1. The van der Waals surface area contributed by atoms with Gasteiger partial charge in [0.25, 0.3) is 0 Å². The highest BCUT2D eigenvalue weighted by atomic mass is 15.3. The van der Waals surface area contributed by atoms with Gasteiger partial charge in [0.05, 0.1) is 13.1 Å². The van der Waals surface area contributed by atoms with Crippen molar-refractivity contribution >= 4 is 5.96 Å². The first kappa shape index (κ1) is 22.3. The summed E-state index contributed by atoms with van der Waals surface area (Å²) in [6.07, 6.45) is 7.64. The third-order valence-corrected chi connectivity index (χ3v) is 5.49. The summed E-state index contributed by atoms with van der Waals surface area (Å²) in [7, 11) is 0. The van der Waals surface area contributed by atoms with E-state index in [-0.39, 0.29) is 0 Å². The van der Waals surface area contributed by atoms with E-state index in [9.17, 15) is 0 Å². The van der Waals surface area contributed by atoms with Gasteiger partial charge in [0.15, 0.2) is 5.96 Å². The second kappa shape index (κ2) is 11.1. The molecule has 2 heterocycles. The fourth-order valence-corrected chi connectivity index (χ4v) is 3.74. The van der Waals surface area contributed by atoms with Crippen LogP contribution in [0.2, 0.25) is 0 Å². The van der Waals surface area contributed by atoms with E-state index in [2.05, 4.69) is 80.7 Å². The number of aryl methyl sites for hydroxylation is 1. The number of rotatable bonds is 9. The molecule has 0 atom stereocenters. The molecule has 4 aromatic rings. The predicted octanol–water partition coefficient (Wildman–Crippen LogP) is 3.74. The van der Waals surface area contributed by atoms with Gasteiger partial charge < -0.3 is 15.2 Å². The van der Waals surface area contributed by atoms with E-state index >= 15 is 0 Å². The summed E-state index contributed by atoms with van der Waals surface area (Å²) in [6.45, 7) is 7.79. The Morgan fingerprint density at radius 1 is 0.909 bits per heavy atom. The van der Waals surface area contributed by atoms with Crippen molar-refractivity contribution in [3.8, 4) is 0 Å². The van der Waals surface area contributed by atoms with E-state index in [0.717, 1.165) is 31.4 Å². The molecule has 0 radical (unpaired) electrons. The smallest absolute Gasteiger partial charge is 0.191 e. The summed E-state index contributed by atoms with van der Waals surface area (Å²) >= 11 is 0. The number of nitrogens with zero attached hydrogens (tertiary/aromatic N) is 5. The van der Waals surface area contributed by atoms with E-state index < -0.39 is 0 Å². The molecule has 0 unspecified atom stereocenters. The Balaban J connectivity index is 1.40. The Bertz CT molecular complexity index is 1170. The molecule has 170 valence electrons. The van der Waals surface area contributed by atoms with Crippen LogP contribution in [-0.2, 0) is 26.2 Å². The van der Waals surface area contributed by atoms with Crippen LogP contribution in [0.1, 0.15) is 35.0 Å². The molecular weight excluding hydrogens is 410 g/mol. The van der Waals surface area contributed by atoms with Gasteiger partial charge in [-0.3, -0.25) is 4.68 Å². The second-order valence-corrected chi connectivity index (χ2v) is 7.94. The first-order chi connectivity index (χ1) is 16.2. The molecule has 0 saturated heterocycles. The van der Waals surface area contributed by atoms with Crippen molar-refractivity contribution in [1.29, 1.82) is 0 Å². The maximum atomic E-state index is 4.82. The lowest BCUT2D eigenvalue weighted by Gasteiger charge is -2.14. The molecule has 0 bridgehead atoms. The van der Waals surface area contributed by atoms with Crippen LogP contribution in [0.4, 0.5) is 0 Å². The minimum Gasteiger partial charge on any atom is -0.357 e. The van der Waals surface area contributed by atoms with Gasteiger partial charge in [-0.15, -0.1) is 0 Å². The maximum Gasteiger partial charge on any atom is 0.191 e. The molecule has 0 saturated carbocycles. The van der Waals surface area contributed by atoms with Crippen LogP contribution in [-0.4, -0.2) is 31.8 Å². The second-order valence-electron chi connectivity index (χ2n) is 7.94. The molecule has 2 aromatic heterocycles. The number of hydrogen-bond acceptors (Lipinski definition) is 3. The third-order valence-electron chi connectivity index (χ3n) is 5.49. The first-order valence-electron chi connectivity index (χ1n) is 11.3. The molecule has 0 spiro atoms. The number of imidazole rings is 1. The summed E-state index contributed by atoms with van der Waals surface area (Å²) in [5.74, 6) is 1.83. The Labute approximate surface area is 195 Å². The average Bonchev–Trinajstić information content (AvgIpc) is 3.49. The van der Waals surface area contributed by atoms with E-state index in [1.165, 1.54) is 22.3 Å². The molecular formula is C26H31N7. The van der Waals surface area contributed by atoms with Crippen molar-refractivity contribution in [3.05, 3.63) is 107 Å². The number of hydrogen-bond donors (Lipinski definition) is 2. The zero-order valence-corrected chi connectivity index (χ0v) is 19.3. The lowest BCUT2D eigenvalue weighted by Crippen LogP contribution is -2.37. The Morgan fingerprint density at radius 3 is 2.52 bits per heavy atom. The molecule has 0 aliphatic carbocycles. The molecule has 2 aromatic carbocycles. The average molecular weight is 442 g/mol. The van der Waals surface area contributed by atoms with Gasteiger partial charge in [0.1, 0.15) is 5.82 Å². The van der Waals surface area contributed by atoms with Crippen molar-refractivity contribution in [1.82, 2.24) is 30.0 Å². The summed E-state index contributed by atoms with van der Waals surface area (Å²) < 4.78 is 4.09. The molecule has 0 fully saturated rings. The van der Waals surface area contributed by atoms with Crippen LogP contribution < -0.4 is 10.6 Å². The van der Waals surface area contributed by atoms with Gasteiger partial charge in [-0.2, -0.15) is 5.10 Å². The SMILES string of the molecule is CCNC(=NCc1cccc(Cn2ccnc2C)c1)NCc1ccccc1Cn1cccn1. The highest BCUT2D eigenvalue weighted by molar-refractivity contribution is 5.79. The molecule has 0 aliphatic heterocycles. The van der Waals surface area contributed by atoms with Crippen molar-refractivity contribution in [2.75, 3.05) is 6.54 Å². The number of guanidine groups is 1. The number of aromatic nitrogens is 4.